The minimum absolute atomic E-state index is 0.000489. The highest BCUT2D eigenvalue weighted by Crippen LogP contribution is 2.31. The fourth-order valence-corrected chi connectivity index (χ4v) is 2.51. The van der Waals surface area contributed by atoms with Gasteiger partial charge in [0.15, 0.2) is 5.96 Å². The smallest absolute Gasteiger partial charge is 0.223 e. The van der Waals surface area contributed by atoms with Crippen molar-refractivity contribution >= 4 is 29.2 Å². The molecule has 8 heteroatoms. The second-order valence-electron chi connectivity index (χ2n) is 5.16. The van der Waals surface area contributed by atoms with E-state index in [1.54, 1.807) is 0 Å². The van der Waals surface area contributed by atoms with Crippen LogP contribution in [0.15, 0.2) is 34.3 Å². The number of nitrogens with two attached hydrogens (primary N) is 4. The zero-order valence-electron chi connectivity index (χ0n) is 12.3. The Morgan fingerprint density at radius 3 is 2.32 bits per heavy atom. The molecule has 1 heterocycles. The molecule has 0 saturated carbocycles. The van der Waals surface area contributed by atoms with Crippen molar-refractivity contribution in [3.8, 4) is 0 Å². The lowest BCUT2D eigenvalue weighted by atomic mass is 9.96. The lowest BCUT2D eigenvalue weighted by Gasteiger charge is -2.33. The number of para-hydroxylation sites is 2. The number of anilines is 1. The molecule has 0 unspecified atom stereocenters. The second kappa shape index (κ2) is 6.79. The summed E-state index contributed by atoms with van der Waals surface area (Å²) in [6.45, 7) is 1.48. The van der Waals surface area contributed by atoms with Gasteiger partial charge >= 0.3 is 0 Å². The number of benzene rings is 1. The third-order valence-corrected chi connectivity index (χ3v) is 3.60. The van der Waals surface area contributed by atoms with Crippen LogP contribution in [-0.2, 0) is 4.79 Å². The number of piperidine rings is 1. The summed E-state index contributed by atoms with van der Waals surface area (Å²) < 4.78 is 0. The summed E-state index contributed by atoms with van der Waals surface area (Å²) in [7, 11) is 0. The summed E-state index contributed by atoms with van der Waals surface area (Å²) in [5.74, 6) is -0.429. The molecule has 8 N–H and O–H groups in total. The molecule has 118 valence electrons. The number of amides is 1. The Balaban J connectivity index is 2.19. The largest absolute Gasteiger partial charge is 0.370 e. The molecule has 0 atom stereocenters. The van der Waals surface area contributed by atoms with Crippen molar-refractivity contribution in [2.75, 3.05) is 18.0 Å². The summed E-state index contributed by atoms with van der Waals surface area (Å²) in [6, 6.07) is 7.57. The van der Waals surface area contributed by atoms with Gasteiger partial charge in [-0.3, -0.25) is 4.79 Å². The van der Waals surface area contributed by atoms with E-state index in [1.807, 2.05) is 24.3 Å². The van der Waals surface area contributed by atoms with Gasteiger partial charge < -0.3 is 27.8 Å². The van der Waals surface area contributed by atoms with Crippen molar-refractivity contribution in [1.82, 2.24) is 0 Å². The highest BCUT2D eigenvalue weighted by molar-refractivity contribution is 5.94. The number of aliphatic imine (C=N–C) groups is 2. The van der Waals surface area contributed by atoms with Gasteiger partial charge in [-0.1, -0.05) is 12.1 Å². The van der Waals surface area contributed by atoms with Crippen molar-refractivity contribution in [3.05, 3.63) is 24.3 Å². The maximum Gasteiger partial charge on any atom is 0.223 e. The van der Waals surface area contributed by atoms with Crippen LogP contribution in [0, 0.1) is 5.92 Å². The minimum Gasteiger partial charge on any atom is -0.370 e. The fraction of sp³-hybridized carbons (Fsp3) is 0.357. The Bertz CT molecular complexity index is 599. The summed E-state index contributed by atoms with van der Waals surface area (Å²) in [5.41, 5.74) is 23.2. The number of hydrogen-bond donors (Lipinski definition) is 4. The SMILES string of the molecule is NC(=O)C1CCN(c2ccccc2N=C(N)N=C(N)N)CC1. The maximum atomic E-state index is 11.2. The molecule has 1 aliphatic rings. The zero-order valence-corrected chi connectivity index (χ0v) is 12.3. The monoisotopic (exact) mass is 303 g/mol. The number of carbonyl (C=O) groups is 1. The third-order valence-electron chi connectivity index (χ3n) is 3.60. The fourth-order valence-electron chi connectivity index (χ4n) is 2.51. The van der Waals surface area contributed by atoms with E-state index in [-0.39, 0.29) is 23.7 Å². The Kier molecular flexibility index (Phi) is 4.82. The molecule has 0 aromatic heterocycles. The van der Waals surface area contributed by atoms with E-state index < -0.39 is 0 Å². The highest BCUT2D eigenvalue weighted by Gasteiger charge is 2.24. The standard InChI is InChI=1S/C14H21N7O/c15-12(22)9-5-7-21(8-6-9)11-4-2-1-3-10(11)19-14(18)20-13(16)17/h1-4,9H,5-8H2,(H2,15,22)(H6,16,17,18,19,20). The van der Waals surface area contributed by atoms with Crippen molar-refractivity contribution < 1.29 is 4.79 Å². The summed E-state index contributed by atoms with van der Waals surface area (Å²) in [5, 5.41) is 0. The number of rotatable bonds is 3. The quantitative estimate of drug-likeness (QED) is 0.443. The van der Waals surface area contributed by atoms with E-state index in [4.69, 9.17) is 22.9 Å². The number of carbonyl (C=O) groups excluding carboxylic acids is 1. The van der Waals surface area contributed by atoms with Crippen LogP contribution in [0.25, 0.3) is 0 Å². The van der Waals surface area contributed by atoms with Crippen LogP contribution in [0.3, 0.4) is 0 Å². The molecule has 8 nitrogen and oxygen atoms in total. The van der Waals surface area contributed by atoms with E-state index in [2.05, 4.69) is 14.9 Å². The summed E-state index contributed by atoms with van der Waals surface area (Å²) in [4.78, 5) is 21.3. The molecule has 1 aromatic carbocycles. The summed E-state index contributed by atoms with van der Waals surface area (Å²) in [6.07, 6.45) is 1.47. The number of primary amides is 1. The summed E-state index contributed by atoms with van der Waals surface area (Å²) >= 11 is 0. The van der Waals surface area contributed by atoms with Crippen molar-refractivity contribution in [2.24, 2.45) is 38.8 Å². The molecule has 22 heavy (non-hydrogen) atoms. The van der Waals surface area contributed by atoms with Crippen LogP contribution < -0.4 is 27.8 Å². The van der Waals surface area contributed by atoms with Crippen LogP contribution in [0.5, 0.6) is 0 Å². The molecule has 1 amide bonds. The second-order valence-corrected chi connectivity index (χ2v) is 5.16. The first-order chi connectivity index (χ1) is 10.5. The van der Waals surface area contributed by atoms with E-state index >= 15 is 0 Å². The van der Waals surface area contributed by atoms with Gasteiger partial charge in [-0.15, -0.1) is 0 Å². The van der Waals surface area contributed by atoms with Crippen LogP contribution >= 0.6 is 0 Å². The first-order valence-corrected chi connectivity index (χ1v) is 7.04. The predicted octanol–water partition coefficient (Wildman–Crippen LogP) is -0.392. The molecule has 0 aliphatic carbocycles. The van der Waals surface area contributed by atoms with Gasteiger partial charge in [0.25, 0.3) is 0 Å². The molecule has 0 spiro atoms. The topological polar surface area (TPSA) is 149 Å². The molecule has 1 aliphatic heterocycles. The zero-order chi connectivity index (χ0) is 16.1. The van der Waals surface area contributed by atoms with Gasteiger partial charge in [-0.25, -0.2) is 4.99 Å². The number of guanidine groups is 2. The molecule has 1 fully saturated rings. The van der Waals surface area contributed by atoms with Gasteiger partial charge in [0.2, 0.25) is 11.9 Å². The molecular formula is C14H21N7O. The molecule has 0 bridgehead atoms. The van der Waals surface area contributed by atoms with Gasteiger partial charge in [0.05, 0.1) is 11.4 Å². The lowest BCUT2D eigenvalue weighted by molar-refractivity contribution is -0.122. The van der Waals surface area contributed by atoms with Crippen LogP contribution in [0.1, 0.15) is 12.8 Å². The molecular weight excluding hydrogens is 282 g/mol. The van der Waals surface area contributed by atoms with E-state index in [0.717, 1.165) is 31.6 Å². The number of hydrogen-bond acceptors (Lipinski definition) is 3. The van der Waals surface area contributed by atoms with Gasteiger partial charge in [-0.2, -0.15) is 4.99 Å². The normalized spacial score (nSPS) is 16.4. The van der Waals surface area contributed by atoms with Crippen molar-refractivity contribution in [1.29, 1.82) is 0 Å². The van der Waals surface area contributed by atoms with Crippen LogP contribution in [-0.4, -0.2) is 30.9 Å². The van der Waals surface area contributed by atoms with Crippen molar-refractivity contribution in [3.63, 3.8) is 0 Å². The Hall–Kier alpha value is -2.77. The first-order valence-electron chi connectivity index (χ1n) is 7.04. The van der Waals surface area contributed by atoms with Gasteiger partial charge in [0, 0.05) is 19.0 Å². The maximum absolute atomic E-state index is 11.2. The van der Waals surface area contributed by atoms with E-state index in [1.165, 1.54) is 0 Å². The average molecular weight is 303 g/mol. The van der Waals surface area contributed by atoms with Gasteiger partial charge in [-0.05, 0) is 25.0 Å². The Morgan fingerprint density at radius 2 is 1.73 bits per heavy atom. The van der Waals surface area contributed by atoms with Gasteiger partial charge in [0.1, 0.15) is 0 Å². The van der Waals surface area contributed by atoms with E-state index in [9.17, 15) is 4.79 Å². The average Bonchev–Trinajstić information content (AvgIpc) is 2.47. The molecule has 0 radical (unpaired) electrons. The minimum atomic E-state index is -0.233. The molecule has 1 aromatic rings. The highest BCUT2D eigenvalue weighted by atomic mass is 16.1. The lowest BCUT2D eigenvalue weighted by Crippen LogP contribution is -2.38. The Labute approximate surface area is 128 Å². The molecule has 2 rings (SSSR count). The number of nitrogens with zero attached hydrogens (tertiary/aromatic N) is 3. The first kappa shape index (κ1) is 15.6. The van der Waals surface area contributed by atoms with Crippen molar-refractivity contribution in [2.45, 2.75) is 12.8 Å². The predicted molar refractivity (Wildman–Crippen MR) is 87.7 cm³/mol. The third kappa shape index (κ3) is 3.87. The molecule has 1 saturated heterocycles. The Morgan fingerprint density at radius 1 is 1.09 bits per heavy atom. The van der Waals surface area contributed by atoms with Crippen LogP contribution in [0.4, 0.5) is 11.4 Å². The van der Waals surface area contributed by atoms with Crippen LogP contribution in [0.2, 0.25) is 0 Å². The van der Waals surface area contributed by atoms with E-state index in [0.29, 0.717) is 5.69 Å².